The first-order valence-corrected chi connectivity index (χ1v) is 8.11. The average molecular weight is 311 g/mol. The third-order valence-corrected chi connectivity index (χ3v) is 3.72. The fourth-order valence-corrected chi connectivity index (χ4v) is 2.44. The van der Waals surface area contributed by atoms with Crippen LogP contribution in [0.2, 0.25) is 0 Å². The molecule has 0 saturated heterocycles. The highest BCUT2D eigenvalue weighted by molar-refractivity contribution is 7.98. The van der Waals surface area contributed by atoms with Gasteiger partial charge in [0.1, 0.15) is 0 Å². The Kier molecular flexibility index (Phi) is 7.85. The van der Waals surface area contributed by atoms with Gasteiger partial charge in [-0.1, -0.05) is 30.3 Å². The first-order chi connectivity index (χ1) is 10.1. The van der Waals surface area contributed by atoms with Crippen LogP contribution in [0.15, 0.2) is 30.3 Å². The van der Waals surface area contributed by atoms with Crippen molar-refractivity contribution in [3.05, 3.63) is 35.9 Å². The molecule has 0 unspecified atom stereocenters. The summed E-state index contributed by atoms with van der Waals surface area (Å²) in [4.78, 5) is 28.5. The lowest BCUT2D eigenvalue weighted by Crippen LogP contribution is -2.44. The van der Waals surface area contributed by atoms with Gasteiger partial charge in [-0.25, -0.2) is 9.86 Å². The molecule has 1 amide bonds. The Morgan fingerprint density at radius 2 is 2.00 bits per heavy atom. The molecule has 0 saturated carbocycles. The van der Waals surface area contributed by atoms with Gasteiger partial charge in [-0.3, -0.25) is 9.63 Å². The second-order valence-electron chi connectivity index (χ2n) is 4.52. The van der Waals surface area contributed by atoms with Crippen molar-refractivity contribution in [1.29, 1.82) is 0 Å². The summed E-state index contributed by atoms with van der Waals surface area (Å²) in [7, 11) is 1.33. The van der Waals surface area contributed by atoms with E-state index in [1.165, 1.54) is 7.11 Å². The summed E-state index contributed by atoms with van der Waals surface area (Å²) in [5.41, 5.74) is 1.04. The van der Waals surface area contributed by atoms with Gasteiger partial charge in [0.15, 0.2) is 6.04 Å². The van der Waals surface area contributed by atoms with Crippen molar-refractivity contribution >= 4 is 23.6 Å². The van der Waals surface area contributed by atoms with E-state index in [2.05, 4.69) is 0 Å². The number of thioether (sulfide) groups is 1. The molecule has 0 aliphatic carbocycles. The van der Waals surface area contributed by atoms with Crippen molar-refractivity contribution < 1.29 is 19.5 Å². The highest BCUT2D eigenvalue weighted by Gasteiger charge is 2.29. The number of hydroxylamine groups is 2. The van der Waals surface area contributed by atoms with Crippen molar-refractivity contribution in [2.24, 2.45) is 0 Å². The third kappa shape index (κ3) is 5.77. The van der Waals surface area contributed by atoms with Gasteiger partial charge < -0.3 is 5.11 Å². The van der Waals surface area contributed by atoms with Crippen LogP contribution in [-0.2, 0) is 20.8 Å². The molecule has 1 atom stereocenters. The minimum Gasteiger partial charge on any atom is -0.480 e. The summed E-state index contributed by atoms with van der Waals surface area (Å²) < 4.78 is 0. The highest BCUT2D eigenvalue weighted by Crippen LogP contribution is 2.12. The number of carbonyl (C=O) groups is 2. The number of rotatable bonds is 9. The number of carboxylic acids is 1. The number of aliphatic carboxylic acids is 1. The van der Waals surface area contributed by atoms with E-state index in [-0.39, 0.29) is 12.3 Å². The van der Waals surface area contributed by atoms with E-state index in [0.717, 1.165) is 10.6 Å². The Morgan fingerprint density at radius 3 is 2.52 bits per heavy atom. The SMILES string of the molecule is CON(C(=O)CCc1ccccc1)[C@@H](CCSC)C(=O)O. The van der Waals surface area contributed by atoms with Crippen molar-refractivity contribution in [2.45, 2.75) is 25.3 Å². The zero-order valence-corrected chi connectivity index (χ0v) is 13.1. The number of carboxylic acid groups (broad SMARTS) is 1. The molecule has 0 bridgehead atoms. The minimum atomic E-state index is -1.04. The van der Waals surface area contributed by atoms with E-state index in [0.29, 0.717) is 18.6 Å². The molecule has 0 heterocycles. The van der Waals surface area contributed by atoms with Crippen LogP contribution in [0.4, 0.5) is 0 Å². The fraction of sp³-hybridized carbons (Fsp3) is 0.467. The Balaban J connectivity index is 2.63. The number of carbonyl (C=O) groups excluding carboxylic acids is 1. The summed E-state index contributed by atoms with van der Waals surface area (Å²) in [5, 5.41) is 10.2. The van der Waals surface area contributed by atoms with Gasteiger partial charge in [0.2, 0.25) is 5.91 Å². The van der Waals surface area contributed by atoms with Crippen molar-refractivity contribution in [3.8, 4) is 0 Å². The molecule has 0 fully saturated rings. The molecule has 1 N–H and O–H groups in total. The Hall–Kier alpha value is -1.53. The van der Waals surface area contributed by atoms with E-state index in [1.54, 1.807) is 11.8 Å². The second-order valence-corrected chi connectivity index (χ2v) is 5.51. The fourth-order valence-electron chi connectivity index (χ4n) is 1.98. The van der Waals surface area contributed by atoms with Crippen LogP contribution in [0.3, 0.4) is 0 Å². The Bertz CT molecular complexity index is 452. The molecule has 6 heteroatoms. The molecule has 0 aliphatic heterocycles. The van der Waals surface area contributed by atoms with Crippen LogP contribution in [0.1, 0.15) is 18.4 Å². The molecule has 1 aromatic carbocycles. The van der Waals surface area contributed by atoms with Gasteiger partial charge in [0, 0.05) is 6.42 Å². The lowest BCUT2D eigenvalue weighted by Gasteiger charge is -2.26. The van der Waals surface area contributed by atoms with Gasteiger partial charge in [-0.2, -0.15) is 11.8 Å². The average Bonchev–Trinajstić information content (AvgIpc) is 2.49. The third-order valence-electron chi connectivity index (χ3n) is 3.08. The van der Waals surface area contributed by atoms with E-state index >= 15 is 0 Å². The molecule has 0 spiro atoms. The predicted molar refractivity (Wildman–Crippen MR) is 83.0 cm³/mol. The lowest BCUT2D eigenvalue weighted by atomic mass is 10.1. The van der Waals surface area contributed by atoms with Crippen LogP contribution >= 0.6 is 11.8 Å². The first-order valence-electron chi connectivity index (χ1n) is 6.72. The molecule has 0 aromatic heterocycles. The molecule has 1 aromatic rings. The van der Waals surface area contributed by atoms with E-state index in [9.17, 15) is 14.7 Å². The van der Waals surface area contributed by atoms with Crippen molar-refractivity contribution in [2.75, 3.05) is 19.1 Å². The molecular formula is C15H21NO4S. The summed E-state index contributed by atoms with van der Waals surface area (Å²) in [6.45, 7) is 0. The summed E-state index contributed by atoms with van der Waals surface area (Å²) in [6.07, 6.45) is 3.05. The van der Waals surface area contributed by atoms with Gasteiger partial charge in [-0.15, -0.1) is 0 Å². The van der Waals surface area contributed by atoms with E-state index < -0.39 is 12.0 Å². The van der Waals surface area contributed by atoms with E-state index in [4.69, 9.17) is 4.84 Å². The number of amides is 1. The molecular weight excluding hydrogens is 290 g/mol. The zero-order valence-electron chi connectivity index (χ0n) is 12.3. The summed E-state index contributed by atoms with van der Waals surface area (Å²) in [5.74, 6) is -0.697. The normalized spacial score (nSPS) is 11.9. The molecule has 1 rings (SSSR count). The monoisotopic (exact) mass is 311 g/mol. The Labute approximate surface area is 129 Å². The van der Waals surface area contributed by atoms with Crippen LogP contribution in [0.5, 0.6) is 0 Å². The number of benzene rings is 1. The smallest absolute Gasteiger partial charge is 0.329 e. The number of hydrogen-bond acceptors (Lipinski definition) is 4. The van der Waals surface area contributed by atoms with Crippen LogP contribution in [0, 0.1) is 0 Å². The quantitative estimate of drug-likeness (QED) is 0.708. The summed E-state index contributed by atoms with van der Waals surface area (Å²) >= 11 is 1.54. The van der Waals surface area contributed by atoms with Gasteiger partial charge in [-0.05, 0) is 30.4 Å². The number of hydrogen-bond donors (Lipinski definition) is 1. The lowest BCUT2D eigenvalue weighted by molar-refractivity contribution is -0.196. The largest absolute Gasteiger partial charge is 0.480 e. The standard InChI is InChI=1S/C15H21NO4S/c1-20-16(13(15(18)19)10-11-21-2)14(17)9-8-12-6-4-3-5-7-12/h3-7,13H,8-11H2,1-2H3,(H,18,19)/t13-/m0/s1. The highest BCUT2D eigenvalue weighted by atomic mass is 32.2. The topological polar surface area (TPSA) is 66.8 Å². The minimum absolute atomic E-state index is 0.223. The van der Waals surface area contributed by atoms with E-state index in [1.807, 2.05) is 36.6 Å². The van der Waals surface area contributed by atoms with Gasteiger partial charge in [0.05, 0.1) is 7.11 Å². The van der Waals surface area contributed by atoms with Crippen molar-refractivity contribution in [1.82, 2.24) is 5.06 Å². The van der Waals surface area contributed by atoms with Crippen LogP contribution < -0.4 is 0 Å². The second kappa shape index (κ2) is 9.41. The van der Waals surface area contributed by atoms with Crippen molar-refractivity contribution in [3.63, 3.8) is 0 Å². The summed E-state index contributed by atoms with van der Waals surface area (Å²) in [6, 6.07) is 8.67. The Morgan fingerprint density at radius 1 is 1.33 bits per heavy atom. The number of nitrogens with zero attached hydrogens (tertiary/aromatic N) is 1. The molecule has 0 aliphatic rings. The maximum absolute atomic E-state index is 12.2. The molecule has 0 radical (unpaired) electrons. The van der Waals surface area contributed by atoms with Gasteiger partial charge in [0.25, 0.3) is 0 Å². The van der Waals surface area contributed by atoms with Crippen LogP contribution in [0.25, 0.3) is 0 Å². The zero-order chi connectivity index (χ0) is 15.7. The maximum Gasteiger partial charge on any atom is 0.329 e. The maximum atomic E-state index is 12.2. The number of aryl methyl sites for hydroxylation is 1. The molecule has 21 heavy (non-hydrogen) atoms. The van der Waals surface area contributed by atoms with Crippen LogP contribution in [-0.4, -0.2) is 47.2 Å². The molecule has 116 valence electrons. The molecule has 5 nitrogen and oxygen atoms in total. The predicted octanol–water partition coefficient (Wildman–Crippen LogP) is 2.22. The van der Waals surface area contributed by atoms with Gasteiger partial charge >= 0.3 is 5.97 Å². The first kappa shape index (κ1) is 17.5.